The lowest BCUT2D eigenvalue weighted by Gasteiger charge is -2.26. The maximum atomic E-state index is 12.5. The Morgan fingerprint density at radius 2 is 1.94 bits per heavy atom. The minimum atomic E-state index is -0.231. The second kappa shape index (κ2) is 8.63. The summed E-state index contributed by atoms with van der Waals surface area (Å²) in [6.45, 7) is 3.14. The van der Waals surface area contributed by atoms with Gasteiger partial charge in [-0.25, -0.2) is 4.98 Å². The van der Waals surface area contributed by atoms with Gasteiger partial charge in [-0.3, -0.25) is 4.79 Å². The molecule has 0 saturated carbocycles. The zero-order chi connectivity index (χ0) is 21.9. The van der Waals surface area contributed by atoms with Crippen molar-refractivity contribution in [3.63, 3.8) is 0 Å². The summed E-state index contributed by atoms with van der Waals surface area (Å²) >= 11 is 0. The first kappa shape index (κ1) is 19.9. The smallest absolute Gasteiger partial charge is 0.251 e. The quantitative estimate of drug-likeness (QED) is 0.505. The molecule has 32 heavy (non-hydrogen) atoms. The fraction of sp³-hybridized carbons (Fsp3) is 0.200. The van der Waals surface area contributed by atoms with Gasteiger partial charge in [-0.2, -0.15) is 0 Å². The molecule has 0 aliphatic carbocycles. The number of aryl methyl sites for hydroxylation is 1. The van der Waals surface area contributed by atoms with Crippen LogP contribution in [0.15, 0.2) is 73.1 Å². The minimum Gasteiger partial charge on any atom is -0.487 e. The predicted molar refractivity (Wildman–Crippen MR) is 119 cm³/mol. The molecule has 7 nitrogen and oxygen atoms in total. The number of rotatable bonds is 6. The largest absolute Gasteiger partial charge is 0.487 e. The van der Waals surface area contributed by atoms with Gasteiger partial charge in [-0.1, -0.05) is 18.2 Å². The van der Waals surface area contributed by atoms with Crippen molar-refractivity contribution in [3.8, 4) is 17.2 Å². The number of carbonyl (C=O) groups is 1. The molecule has 1 aliphatic heterocycles. The fourth-order valence-corrected chi connectivity index (χ4v) is 3.61. The molecular formula is C25H23N3O4. The number of pyridine rings is 1. The summed E-state index contributed by atoms with van der Waals surface area (Å²) in [6.07, 6.45) is 3.69. The zero-order valence-electron chi connectivity index (χ0n) is 17.7. The van der Waals surface area contributed by atoms with Crippen LogP contribution in [0.3, 0.4) is 0 Å². The van der Waals surface area contributed by atoms with Gasteiger partial charge >= 0.3 is 0 Å². The first-order valence-corrected chi connectivity index (χ1v) is 10.5. The Balaban J connectivity index is 1.14. The third kappa shape index (κ3) is 4.23. The molecule has 162 valence electrons. The number of hydrogen-bond donors (Lipinski definition) is 1. The van der Waals surface area contributed by atoms with E-state index in [9.17, 15) is 4.79 Å². The number of fused-ring (bicyclic) bond motifs is 2. The first-order chi connectivity index (χ1) is 15.7. The Morgan fingerprint density at radius 1 is 1.12 bits per heavy atom. The van der Waals surface area contributed by atoms with Crippen LogP contribution >= 0.6 is 0 Å². The van der Waals surface area contributed by atoms with Crippen molar-refractivity contribution in [1.82, 2.24) is 14.7 Å². The number of amides is 1. The number of imidazole rings is 1. The van der Waals surface area contributed by atoms with E-state index in [1.165, 1.54) is 0 Å². The molecule has 0 spiro atoms. The standard InChI is InChI=1S/C25H23N3O4/c1-17-5-4-12-28-14-19(27-24(17)28)15-30-20-10-8-18(9-11-20)25(29)26-13-21-16-31-22-6-2-3-7-23(22)32-21/h2-12,14,21H,13,15-16H2,1H3,(H,26,29). The Bertz CT molecular complexity index is 1250. The second-order valence-corrected chi connectivity index (χ2v) is 7.67. The Labute approximate surface area is 185 Å². The minimum absolute atomic E-state index is 0.171. The average Bonchev–Trinajstić information content (AvgIpc) is 3.26. The molecule has 0 saturated heterocycles. The van der Waals surface area contributed by atoms with Crippen LogP contribution in [0, 0.1) is 6.92 Å². The molecule has 0 bridgehead atoms. The molecule has 1 atom stereocenters. The van der Waals surface area contributed by atoms with Gasteiger partial charge < -0.3 is 23.9 Å². The molecule has 4 aromatic rings. The first-order valence-electron chi connectivity index (χ1n) is 10.5. The van der Waals surface area contributed by atoms with E-state index < -0.39 is 0 Å². The summed E-state index contributed by atoms with van der Waals surface area (Å²) in [7, 11) is 0. The van der Waals surface area contributed by atoms with Crippen molar-refractivity contribution < 1.29 is 19.0 Å². The molecule has 7 heteroatoms. The van der Waals surface area contributed by atoms with Crippen LogP contribution in [0.4, 0.5) is 0 Å². The van der Waals surface area contributed by atoms with E-state index in [1.807, 2.05) is 60.1 Å². The third-order valence-corrected chi connectivity index (χ3v) is 5.29. The van der Waals surface area contributed by atoms with Crippen molar-refractivity contribution in [3.05, 3.63) is 89.9 Å². The molecule has 0 fully saturated rings. The molecular weight excluding hydrogens is 406 g/mol. The number of benzene rings is 2. The SMILES string of the molecule is Cc1cccn2cc(COc3ccc(C(=O)NCC4COc5ccccc5O4)cc3)nc12. The number of carbonyl (C=O) groups excluding carboxylic acids is 1. The molecule has 0 radical (unpaired) electrons. The number of nitrogens with zero attached hydrogens (tertiary/aromatic N) is 2. The normalized spacial score (nSPS) is 14.8. The molecule has 2 aromatic heterocycles. The number of aromatic nitrogens is 2. The molecule has 1 aliphatic rings. The van der Waals surface area contributed by atoms with E-state index in [-0.39, 0.29) is 12.0 Å². The van der Waals surface area contributed by atoms with Crippen LogP contribution in [0.25, 0.3) is 5.65 Å². The van der Waals surface area contributed by atoms with E-state index in [0.717, 1.165) is 22.7 Å². The van der Waals surface area contributed by atoms with E-state index in [4.69, 9.17) is 14.2 Å². The van der Waals surface area contributed by atoms with Crippen molar-refractivity contribution >= 4 is 11.6 Å². The van der Waals surface area contributed by atoms with Gasteiger partial charge in [-0.05, 0) is 55.0 Å². The maximum Gasteiger partial charge on any atom is 0.251 e. The van der Waals surface area contributed by atoms with Gasteiger partial charge in [0.15, 0.2) is 11.5 Å². The molecule has 1 unspecified atom stereocenters. The van der Waals surface area contributed by atoms with Crippen molar-refractivity contribution in [2.45, 2.75) is 19.6 Å². The van der Waals surface area contributed by atoms with Crippen molar-refractivity contribution in [1.29, 1.82) is 0 Å². The van der Waals surface area contributed by atoms with Crippen molar-refractivity contribution in [2.75, 3.05) is 13.2 Å². The van der Waals surface area contributed by atoms with Crippen LogP contribution in [0.5, 0.6) is 17.2 Å². The third-order valence-electron chi connectivity index (χ3n) is 5.29. The Hall–Kier alpha value is -4.00. The van der Waals surface area contributed by atoms with Crippen LogP contribution in [-0.2, 0) is 6.61 Å². The molecule has 5 rings (SSSR count). The van der Waals surface area contributed by atoms with Crippen LogP contribution in [-0.4, -0.2) is 34.5 Å². The highest BCUT2D eigenvalue weighted by molar-refractivity contribution is 5.94. The van der Waals surface area contributed by atoms with Gasteiger partial charge in [0.05, 0.1) is 12.2 Å². The number of ether oxygens (including phenoxy) is 3. The maximum absolute atomic E-state index is 12.5. The van der Waals surface area contributed by atoms with E-state index >= 15 is 0 Å². The summed E-state index contributed by atoms with van der Waals surface area (Å²) in [5, 5.41) is 2.90. The summed E-state index contributed by atoms with van der Waals surface area (Å²) < 4.78 is 19.4. The van der Waals surface area contributed by atoms with Gasteiger partial charge in [0, 0.05) is 18.0 Å². The predicted octanol–water partition coefficient (Wildman–Crippen LogP) is 3.79. The van der Waals surface area contributed by atoms with Crippen LogP contribution < -0.4 is 19.5 Å². The lowest BCUT2D eigenvalue weighted by atomic mass is 10.2. The highest BCUT2D eigenvalue weighted by atomic mass is 16.6. The van der Waals surface area contributed by atoms with E-state index in [0.29, 0.717) is 36.8 Å². The van der Waals surface area contributed by atoms with Gasteiger partial charge in [0.2, 0.25) is 0 Å². The zero-order valence-corrected chi connectivity index (χ0v) is 17.7. The fourth-order valence-electron chi connectivity index (χ4n) is 3.61. The van der Waals surface area contributed by atoms with Crippen LogP contribution in [0.2, 0.25) is 0 Å². The topological polar surface area (TPSA) is 74.1 Å². The summed E-state index contributed by atoms with van der Waals surface area (Å²) in [6, 6.07) is 18.6. The molecule has 3 heterocycles. The highest BCUT2D eigenvalue weighted by Crippen LogP contribution is 2.30. The van der Waals surface area contributed by atoms with Gasteiger partial charge in [-0.15, -0.1) is 0 Å². The second-order valence-electron chi connectivity index (χ2n) is 7.67. The lowest BCUT2D eigenvalue weighted by Crippen LogP contribution is -2.40. The number of para-hydroxylation sites is 2. The Morgan fingerprint density at radius 3 is 2.75 bits per heavy atom. The number of nitrogens with one attached hydrogen (secondary N) is 1. The highest BCUT2D eigenvalue weighted by Gasteiger charge is 2.21. The summed E-state index contributed by atoms with van der Waals surface area (Å²) in [5.41, 5.74) is 3.44. The van der Waals surface area contributed by atoms with Gasteiger partial charge in [0.25, 0.3) is 5.91 Å². The number of hydrogen-bond acceptors (Lipinski definition) is 5. The average molecular weight is 429 g/mol. The van der Waals surface area contributed by atoms with E-state index in [1.54, 1.807) is 24.3 Å². The van der Waals surface area contributed by atoms with Crippen LogP contribution in [0.1, 0.15) is 21.6 Å². The lowest BCUT2D eigenvalue weighted by molar-refractivity contribution is 0.0789. The monoisotopic (exact) mass is 429 g/mol. The van der Waals surface area contributed by atoms with E-state index in [2.05, 4.69) is 10.3 Å². The molecule has 1 amide bonds. The Kier molecular flexibility index (Phi) is 5.37. The summed E-state index contributed by atoms with van der Waals surface area (Å²) in [5.74, 6) is 1.93. The van der Waals surface area contributed by atoms with Gasteiger partial charge in [0.1, 0.15) is 30.7 Å². The van der Waals surface area contributed by atoms with Crippen molar-refractivity contribution in [2.24, 2.45) is 0 Å². The molecule has 1 N–H and O–H groups in total. The summed E-state index contributed by atoms with van der Waals surface area (Å²) in [4.78, 5) is 17.1. The molecule has 2 aromatic carbocycles.